The minimum absolute atomic E-state index is 0.0316. The number of hydrogen-bond donors (Lipinski definition) is 1. The monoisotopic (exact) mass is 314 g/mol. The molecule has 1 aliphatic heterocycles. The third-order valence-electron chi connectivity index (χ3n) is 3.77. The summed E-state index contributed by atoms with van der Waals surface area (Å²) in [6, 6.07) is 5.53. The second-order valence-electron chi connectivity index (χ2n) is 5.19. The van der Waals surface area contributed by atoms with Crippen molar-refractivity contribution in [3.63, 3.8) is 0 Å². The summed E-state index contributed by atoms with van der Waals surface area (Å²) in [5, 5.41) is 4.24. The summed E-state index contributed by atoms with van der Waals surface area (Å²) in [5.74, 6) is 0.0316. The number of hydrogen-bond acceptors (Lipinski definition) is 2. The Morgan fingerprint density at radius 1 is 1.35 bits per heavy atom. The van der Waals surface area contributed by atoms with Gasteiger partial charge in [-0.2, -0.15) is 0 Å². The molecule has 0 unspecified atom stereocenters. The van der Waals surface area contributed by atoms with E-state index in [1.807, 2.05) is 6.07 Å². The van der Waals surface area contributed by atoms with Gasteiger partial charge in [0, 0.05) is 29.2 Å². The molecular formula is C15H20Cl2N2O. The Labute approximate surface area is 130 Å². The van der Waals surface area contributed by atoms with Gasteiger partial charge in [0.15, 0.2) is 0 Å². The number of nitrogens with zero attached hydrogens (tertiary/aromatic N) is 1. The minimum atomic E-state index is 0.0316. The number of benzene rings is 1. The van der Waals surface area contributed by atoms with E-state index in [-0.39, 0.29) is 11.9 Å². The standard InChI is InChI=1S/C15H20Cl2N2O/c1-2-19-7-5-13(6-8-19)18-15(20)9-11-3-4-12(16)10-14(11)17/h3-4,10,13H,2,5-9H2,1H3,(H,18,20). The van der Waals surface area contributed by atoms with E-state index in [9.17, 15) is 4.79 Å². The molecule has 5 heteroatoms. The van der Waals surface area contributed by atoms with Crippen LogP contribution < -0.4 is 5.32 Å². The van der Waals surface area contributed by atoms with Crippen molar-refractivity contribution in [2.45, 2.75) is 32.2 Å². The van der Waals surface area contributed by atoms with Crippen molar-refractivity contribution in [2.24, 2.45) is 0 Å². The van der Waals surface area contributed by atoms with Crippen LogP contribution in [0.1, 0.15) is 25.3 Å². The van der Waals surface area contributed by atoms with Crippen LogP contribution in [0.4, 0.5) is 0 Å². The quantitative estimate of drug-likeness (QED) is 0.926. The van der Waals surface area contributed by atoms with Crippen molar-refractivity contribution >= 4 is 29.1 Å². The van der Waals surface area contributed by atoms with E-state index < -0.39 is 0 Å². The maximum Gasteiger partial charge on any atom is 0.224 e. The Morgan fingerprint density at radius 2 is 2.05 bits per heavy atom. The lowest BCUT2D eigenvalue weighted by Crippen LogP contribution is -2.44. The van der Waals surface area contributed by atoms with Crippen molar-refractivity contribution in [3.05, 3.63) is 33.8 Å². The van der Waals surface area contributed by atoms with Crippen LogP contribution in [0, 0.1) is 0 Å². The molecule has 20 heavy (non-hydrogen) atoms. The molecule has 0 bridgehead atoms. The molecule has 0 atom stereocenters. The lowest BCUT2D eigenvalue weighted by atomic mass is 10.0. The summed E-state index contributed by atoms with van der Waals surface area (Å²) < 4.78 is 0. The zero-order valence-corrected chi connectivity index (χ0v) is 13.2. The largest absolute Gasteiger partial charge is 0.353 e. The van der Waals surface area contributed by atoms with Gasteiger partial charge in [0.1, 0.15) is 0 Å². The number of carbonyl (C=O) groups is 1. The number of amides is 1. The molecule has 1 saturated heterocycles. The molecule has 1 fully saturated rings. The number of carbonyl (C=O) groups excluding carboxylic acids is 1. The second-order valence-corrected chi connectivity index (χ2v) is 6.03. The van der Waals surface area contributed by atoms with E-state index in [1.54, 1.807) is 12.1 Å². The Bertz CT molecular complexity index is 471. The Morgan fingerprint density at radius 3 is 2.65 bits per heavy atom. The average molecular weight is 315 g/mol. The van der Waals surface area contributed by atoms with Crippen molar-refractivity contribution in [2.75, 3.05) is 19.6 Å². The molecule has 0 aromatic heterocycles. The first kappa shape index (κ1) is 15.6. The second kappa shape index (κ2) is 7.30. The predicted octanol–water partition coefficient (Wildman–Crippen LogP) is 3.14. The number of nitrogens with one attached hydrogen (secondary N) is 1. The molecule has 0 spiro atoms. The van der Waals surface area contributed by atoms with Crippen LogP contribution in [0.15, 0.2) is 18.2 Å². The summed E-state index contributed by atoms with van der Waals surface area (Å²) in [6.45, 7) is 5.37. The highest BCUT2D eigenvalue weighted by molar-refractivity contribution is 6.35. The average Bonchev–Trinajstić information content (AvgIpc) is 2.43. The molecular weight excluding hydrogens is 295 g/mol. The summed E-state index contributed by atoms with van der Waals surface area (Å²) in [4.78, 5) is 14.5. The van der Waals surface area contributed by atoms with E-state index in [0.717, 1.165) is 38.0 Å². The van der Waals surface area contributed by atoms with E-state index in [2.05, 4.69) is 17.1 Å². The molecule has 3 nitrogen and oxygen atoms in total. The van der Waals surface area contributed by atoms with Gasteiger partial charge in [-0.25, -0.2) is 0 Å². The van der Waals surface area contributed by atoms with Gasteiger partial charge in [0.25, 0.3) is 0 Å². The third kappa shape index (κ3) is 4.37. The zero-order chi connectivity index (χ0) is 14.5. The van der Waals surface area contributed by atoms with Gasteiger partial charge in [-0.05, 0) is 37.1 Å². The fraction of sp³-hybridized carbons (Fsp3) is 0.533. The van der Waals surface area contributed by atoms with Crippen LogP contribution in [-0.2, 0) is 11.2 Å². The van der Waals surface area contributed by atoms with Crippen molar-refractivity contribution in [3.8, 4) is 0 Å². The van der Waals surface area contributed by atoms with Gasteiger partial charge in [0.05, 0.1) is 6.42 Å². The topological polar surface area (TPSA) is 32.3 Å². The fourth-order valence-electron chi connectivity index (χ4n) is 2.51. The third-order valence-corrected chi connectivity index (χ3v) is 4.35. The molecule has 0 radical (unpaired) electrons. The molecule has 1 aliphatic rings. The number of likely N-dealkylation sites (tertiary alicyclic amines) is 1. The predicted molar refractivity (Wildman–Crippen MR) is 83.4 cm³/mol. The molecule has 110 valence electrons. The molecule has 1 amide bonds. The van der Waals surface area contributed by atoms with Gasteiger partial charge >= 0.3 is 0 Å². The van der Waals surface area contributed by atoms with E-state index in [0.29, 0.717) is 16.5 Å². The minimum Gasteiger partial charge on any atom is -0.353 e. The highest BCUT2D eigenvalue weighted by Gasteiger charge is 2.19. The highest BCUT2D eigenvalue weighted by Crippen LogP contribution is 2.21. The van der Waals surface area contributed by atoms with Crippen LogP contribution >= 0.6 is 23.2 Å². The van der Waals surface area contributed by atoms with Gasteiger partial charge in [0.2, 0.25) is 5.91 Å². The number of piperidine rings is 1. The van der Waals surface area contributed by atoms with Gasteiger partial charge in [-0.15, -0.1) is 0 Å². The van der Waals surface area contributed by atoms with Gasteiger partial charge in [-0.3, -0.25) is 4.79 Å². The first-order chi connectivity index (χ1) is 9.58. The van der Waals surface area contributed by atoms with Crippen molar-refractivity contribution < 1.29 is 4.79 Å². The molecule has 2 rings (SSSR count). The highest BCUT2D eigenvalue weighted by atomic mass is 35.5. The van der Waals surface area contributed by atoms with Crippen LogP contribution in [0.25, 0.3) is 0 Å². The fourth-order valence-corrected chi connectivity index (χ4v) is 2.99. The molecule has 1 aromatic carbocycles. The Kier molecular flexibility index (Phi) is 5.70. The Balaban J connectivity index is 1.84. The number of rotatable bonds is 4. The molecule has 1 N–H and O–H groups in total. The lowest BCUT2D eigenvalue weighted by molar-refractivity contribution is -0.121. The van der Waals surface area contributed by atoms with Crippen molar-refractivity contribution in [1.82, 2.24) is 10.2 Å². The summed E-state index contributed by atoms with van der Waals surface area (Å²) in [5.41, 5.74) is 0.819. The summed E-state index contributed by atoms with van der Waals surface area (Å²) in [7, 11) is 0. The van der Waals surface area contributed by atoms with Crippen molar-refractivity contribution in [1.29, 1.82) is 0 Å². The van der Waals surface area contributed by atoms with E-state index >= 15 is 0 Å². The van der Waals surface area contributed by atoms with Crippen LogP contribution in [-0.4, -0.2) is 36.5 Å². The van der Waals surface area contributed by atoms with Gasteiger partial charge < -0.3 is 10.2 Å². The maximum absolute atomic E-state index is 12.1. The molecule has 0 aliphatic carbocycles. The smallest absolute Gasteiger partial charge is 0.224 e. The van der Waals surface area contributed by atoms with E-state index in [1.165, 1.54) is 0 Å². The first-order valence-corrected chi connectivity index (χ1v) is 7.79. The Hall–Kier alpha value is -0.770. The maximum atomic E-state index is 12.1. The SMILES string of the molecule is CCN1CCC(NC(=O)Cc2ccc(Cl)cc2Cl)CC1. The molecule has 1 aromatic rings. The van der Waals surface area contributed by atoms with Crippen LogP contribution in [0.3, 0.4) is 0 Å². The molecule has 1 heterocycles. The lowest BCUT2D eigenvalue weighted by Gasteiger charge is -2.31. The normalized spacial score (nSPS) is 17.1. The zero-order valence-electron chi connectivity index (χ0n) is 11.7. The molecule has 0 saturated carbocycles. The number of halogens is 2. The van der Waals surface area contributed by atoms with Crippen LogP contribution in [0.5, 0.6) is 0 Å². The van der Waals surface area contributed by atoms with Crippen LogP contribution in [0.2, 0.25) is 10.0 Å². The first-order valence-electron chi connectivity index (χ1n) is 7.04. The van der Waals surface area contributed by atoms with E-state index in [4.69, 9.17) is 23.2 Å². The summed E-state index contributed by atoms with van der Waals surface area (Å²) >= 11 is 11.9. The van der Waals surface area contributed by atoms with Gasteiger partial charge in [-0.1, -0.05) is 36.2 Å². The summed E-state index contributed by atoms with van der Waals surface area (Å²) in [6.07, 6.45) is 2.35.